The minimum Gasteiger partial charge on any atom is -0.394 e. The zero-order chi connectivity index (χ0) is 7.82. The SMILES string of the molecule is CC.OCC1COCCO1. The molecule has 0 aromatic rings. The van der Waals surface area contributed by atoms with Gasteiger partial charge in [-0.05, 0) is 0 Å². The average molecular weight is 148 g/mol. The maximum absolute atomic E-state index is 8.49. The van der Waals surface area contributed by atoms with Crippen LogP contribution in [0, 0.1) is 0 Å². The largest absolute Gasteiger partial charge is 0.394 e. The highest BCUT2D eigenvalue weighted by Gasteiger charge is 2.11. The molecule has 3 nitrogen and oxygen atoms in total. The van der Waals surface area contributed by atoms with Crippen molar-refractivity contribution in [1.82, 2.24) is 0 Å². The highest BCUT2D eigenvalue weighted by atomic mass is 16.6. The van der Waals surface area contributed by atoms with E-state index in [9.17, 15) is 0 Å². The van der Waals surface area contributed by atoms with E-state index in [1.807, 2.05) is 13.8 Å². The molecule has 1 unspecified atom stereocenters. The van der Waals surface area contributed by atoms with Crippen LogP contribution in [0.15, 0.2) is 0 Å². The van der Waals surface area contributed by atoms with Crippen LogP contribution < -0.4 is 0 Å². The van der Waals surface area contributed by atoms with Gasteiger partial charge in [-0.1, -0.05) is 13.8 Å². The van der Waals surface area contributed by atoms with Crippen molar-refractivity contribution in [2.75, 3.05) is 26.4 Å². The van der Waals surface area contributed by atoms with Crippen molar-refractivity contribution in [1.29, 1.82) is 0 Å². The second kappa shape index (κ2) is 6.99. The number of hydrogen-bond donors (Lipinski definition) is 1. The lowest BCUT2D eigenvalue weighted by Crippen LogP contribution is -2.31. The molecule has 1 fully saturated rings. The predicted octanol–water partition coefficient (Wildman–Crippen LogP) is 0.420. The van der Waals surface area contributed by atoms with E-state index in [0.29, 0.717) is 19.8 Å². The number of hydrogen-bond acceptors (Lipinski definition) is 3. The van der Waals surface area contributed by atoms with Crippen LogP contribution in [0.4, 0.5) is 0 Å². The van der Waals surface area contributed by atoms with Crippen LogP contribution in [0.1, 0.15) is 13.8 Å². The van der Waals surface area contributed by atoms with Gasteiger partial charge in [-0.3, -0.25) is 0 Å². The quantitative estimate of drug-likeness (QED) is 0.585. The summed E-state index contributed by atoms with van der Waals surface area (Å²) in [6.45, 7) is 5.89. The summed E-state index contributed by atoms with van der Waals surface area (Å²) in [5.41, 5.74) is 0. The Morgan fingerprint density at radius 3 is 2.40 bits per heavy atom. The summed E-state index contributed by atoms with van der Waals surface area (Å²) in [6, 6.07) is 0. The molecule has 0 aliphatic carbocycles. The maximum atomic E-state index is 8.49. The molecule has 0 radical (unpaired) electrons. The first-order valence-corrected chi connectivity index (χ1v) is 3.73. The van der Waals surface area contributed by atoms with Crippen molar-refractivity contribution in [3.8, 4) is 0 Å². The summed E-state index contributed by atoms with van der Waals surface area (Å²) >= 11 is 0. The first-order valence-electron chi connectivity index (χ1n) is 3.73. The van der Waals surface area contributed by atoms with E-state index in [1.54, 1.807) is 0 Å². The lowest BCUT2D eigenvalue weighted by Gasteiger charge is -2.20. The van der Waals surface area contributed by atoms with Gasteiger partial charge in [0.05, 0.1) is 26.4 Å². The molecule has 62 valence electrons. The summed E-state index contributed by atoms with van der Waals surface area (Å²) < 4.78 is 10.0. The van der Waals surface area contributed by atoms with Crippen LogP contribution in [-0.2, 0) is 9.47 Å². The molecular formula is C7H16O3. The first kappa shape index (κ1) is 9.88. The van der Waals surface area contributed by atoms with E-state index < -0.39 is 0 Å². The third kappa shape index (κ3) is 3.82. The minimum absolute atomic E-state index is 0.0694. The van der Waals surface area contributed by atoms with E-state index in [2.05, 4.69) is 0 Å². The summed E-state index contributed by atoms with van der Waals surface area (Å²) in [5.74, 6) is 0. The van der Waals surface area contributed by atoms with Crippen molar-refractivity contribution in [3.05, 3.63) is 0 Å². The fourth-order valence-electron chi connectivity index (χ4n) is 0.642. The molecule has 0 saturated carbocycles. The van der Waals surface area contributed by atoms with Crippen LogP contribution in [0.2, 0.25) is 0 Å². The Kier molecular flexibility index (Phi) is 6.91. The minimum atomic E-state index is -0.0799. The molecule has 1 aliphatic rings. The second-order valence-corrected chi connectivity index (χ2v) is 1.75. The van der Waals surface area contributed by atoms with E-state index in [1.165, 1.54) is 0 Å². The molecule has 0 amide bonds. The van der Waals surface area contributed by atoms with Crippen LogP contribution in [0.5, 0.6) is 0 Å². The highest BCUT2D eigenvalue weighted by Crippen LogP contribution is 1.97. The van der Waals surface area contributed by atoms with Gasteiger partial charge in [0, 0.05) is 0 Å². The van der Waals surface area contributed by atoms with E-state index in [-0.39, 0.29) is 12.7 Å². The van der Waals surface area contributed by atoms with Gasteiger partial charge in [-0.15, -0.1) is 0 Å². The molecule has 0 aromatic carbocycles. The zero-order valence-electron chi connectivity index (χ0n) is 6.67. The molecule has 1 N–H and O–H groups in total. The maximum Gasteiger partial charge on any atom is 0.104 e. The van der Waals surface area contributed by atoms with Crippen molar-refractivity contribution < 1.29 is 14.6 Å². The summed E-state index contributed by atoms with van der Waals surface area (Å²) in [6.07, 6.45) is -0.0799. The predicted molar refractivity (Wildman–Crippen MR) is 39.0 cm³/mol. The van der Waals surface area contributed by atoms with Gasteiger partial charge < -0.3 is 14.6 Å². The standard InChI is InChI=1S/C5H10O3.C2H6/c6-3-5-4-7-1-2-8-5;1-2/h5-6H,1-4H2;1-2H3. The normalized spacial score (nSPS) is 24.9. The van der Waals surface area contributed by atoms with Gasteiger partial charge >= 0.3 is 0 Å². The third-order valence-electron chi connectivity index (χ3n) is 1.09. The Labute approximate surface area is 62.0 Å². The molecule has 0 aromatic heterocycles. The zero-order valence-corrected chi connectivity index (χ0v) is 6.67. The fraction of sp³-hybridized carbons (Fsp3) is 1.00. The molecule has 1 atom stereocenters. The van der Waals surface area contributed by atoms with E-state index >= 15 is 0 Å². The number of rotatable bonds is 1. The topological polar surface area (TPSA) is 38.7 Å². The lowest BCUT2D eigenvalue weighted by atomic mass is 10.4. The second-order valence-electron chi connectivity index (χ2n) is 1.75. The van der Waals surface area contributed by atoms with E-state index in [4.69, 9.17) is 14.6 Å². The van der Waals surface area contributed by atoms with Crippen LogP contribution in [0.3, 0.4) is 0 Å². The third-order valence-corrected chi connectivity index (χ3v) is 1.09. The Balaban J connectivity index is 0.000000371. The molecule has 0 spiro atoms. The Hall–Kier alpha value is -0.120. The van der Waals surface area contributed by atoms with Gasteiger partial charge in [0.1, 0.15) is 6.10 Å². The first-order chi connectivity index (χ1) is 4.93. The van der Waals surface area contributed by atoms with Crippen LogP contribution >= 0.6 is 0 Å². The van der Waals surface area contributed by atoms with Crippen molar-refractivity contribution in [3.63, 3.8) is 0 Å². The molecule has 0 bridgehead atoms. The van der Waals surface area contributed by atoms with Crippen molar-refractivity contribution >= 4 is 0 Å². The van der Waals surface area contributed by atoms with Gasteiger partial charge in [0.2, 0.25) is 0 Å². The van der Waals surface area contributed by atoms with E-state index in [0.717, 1.165) is 0 Å². The Morgan fingerprint density at radius 2 is 2.10 bits per heavy atom. The van der Waals surface area contributed by atoms with Gasteiger partial charge in [-0.2, -0.15) is 0 Å². The molecule has 1 heterocycles. The Bertz CT molecular complexity index is 59.9. The monoisotopic (exact) mass is 148 g/mol. The fourth-order valence-corrected chi connectivity index (χ4v) is 0.642. The molecule has 1 rings (SSSR count). The highest BCUT2D eigenvalue weighted by molar-refractivity contribution is 4.56. The molecule has 1 saturated heterocycles. The lowest BCUT2D eigenvalue weighted by molar-refractivity contribution is -0.105. The molecule has 3 heteroatoms. The summed E-state index contributed by atoms with van der Waals surface area (Å²) in [5, 5.41) is 8.49. The van der Waals surface area contributed by atoms with Crippen LogP contribution in [-0.4, -0.2) is 37.6 Å². The number of aliphatic hydroxyl groups is 1. The molecular weight excluding hydrogens is 132 g/mol. The van der Waals surface area contributed by atoms with Crippen molar-refractivity contribution in [2.24, 2.45) is 0 Å². The summed E-state index contributed by atoms with van der Waals surface area (Å²) in [7, 11) is 0. The Morgan fingerprint density at radius 1 is 1.40 bits per heavy atom. The smallest absolute Gasteiger partial charge is 0.104 e. The van der Waals surface area contributed by atoms with Crippen molar-refractivity contribution in [2.45, 2.75) is 20.0 Å². The number of ether oxygens (including phenoxy) is 2. The van der Waals surface area contributed by atoms with Gasteiger partial charge in [0.25, 0.3) is 0 Å². The molecule has 10 heavy (non-hydrogen) atoms. The van der Waals surface area contributed by atoms with Gasteiger partial charge in [-0.25, -0.2) is 0 Å². The molecule has 1 aliphatic heterocycles. The average Bonchev–Trinajstić information content (AvgIpc) is 2.10. The van der Waals surface area contributed by atoms with Crippen LogP contribution in [0.25, 0.3) is 0 Å². The number of aliphatic hydroxyl groups excluding tert-OH is 1. The summed E-state index contributed by atoms with van der Waals surface area (Å²) in [4.78, 5) is 0. The van der Waals surface area contributed by atoms with Gasteiger partial charge in [0.15, 0.2) is 0 Å².